The molecule has 0 saturated carbocycles. The molecule has 2 aliphatic heterocycles. The van der Waals surface area contributed by atoms with E-state index in [-0.39, 0.29) is 6.04 Å². The topological polar surface area (TPSA) is 24.8 Å². The van der Waals surface area contributed by atoms with E-state index in [0.717, 1.165) is 29.0 Å². The minimum atomic E-state index is -4.38. The van der Waals surface area contributed by atoms with E-state index in [1.165, 1.54) is 12.1 Å². The lowest BCUT2D eigenvalue weighted by Gasteiger charge is -2.38. The molecule has 7 heteroatoms. The third-order valence-corrected chi connectivity index (χ3v) is 5.62. The molecule has 0 aromatic heterocycles. The van der Waals surface area contributed by atoms with Crippen LogP contribution in [0.15, 0.2) is 77.9 Å². The number of halogens is 4. The van der Waals surface area contributed by atoms with Gasteiger partial charge in [-0.05, 0) is 35.9 Å². The molecular formula is C23H16ClF3N2O. The van der Waals surface area contributed by atoms with Crippen LogP contribution in [0.4, 0.5) is 13.2 Å². The van der Waals surface area contributed by atoms with Gasteiger partial charge < -0.3 is 4.74 Å². The number of hydrazone groups is 1. The molecule has 0 saturated heterocycles. The Kier molecular flexibility index (Phi) is 4.47. The van der Waals surface area contributed by atoms with Crippen LogP contribution in [-0.2, 0) is 6.18 Å². The molecule has 0 amide bonds. The first-order chi connectivity index (χ1) is 14.4. The van der Waals surface area contributed by atoms with Crippen LogP contribution in [0.2, 0.25) is 5.02 Å². The summed E-state index contributed by atoms with van der Waals surface area (Å²) in [7, 11) is 0. The van der Waals surface area contributed by atoms with Crippen LogP contribution in [0, 0.1) is 0 Å². The maximum absolute atomic E-state index is 13.0. The molecule has 30 heavy (non-hydrogen) atoms. The molecule has 5 rings (SSSR count). The van der Waals surface area contributed by atoms with E-state index >= 15 is 0 Å². The number of nitrogens with zero attached hydrogens (tertiary/aromatic N) is 2. The molecule has 0 N–H and O–H groups in total. The fraction of sp³-hybridized carbons (Fsp3) is 0.174. The second kappa shape index (κ2) is 7.06. The molecular weight excluding hydrogens is 413 g/mol. The minimum Gasteiger partial charge on any atom is -0.464 e. The van der Waals surface area contributed by atoms with Crippen molar-refractivity contribution in [3.63, 3.8) is 0 Å². The van der Waals surface area contributed by atoms with Crippen molar-refractivity contribution < 1.29 is 17.9 Å². The molecule has 0 fully saturated rings. The molecule has 2 heterocycles. The Bertz CT molecular complexity index is 1110. The molecule has 0 spiro atoms. The van der Waals surface area contributed by atoms with Crippen molar-refractivity contribution in [3.8, 4) is 5.75 Å². The maximum atomic E-state index is 13.0. The van der Waals surface area contributed by atoms with Gasteiger partial charge in [0, 0.05) is 22.6 Å². The molecule has 0 radical (unpaired) electrons. The average Bonchev–Trinajstić information content (AvgIpc) is 3.19. The fourth-order valence-corrected chi connectivity index (χ4v) is 4.10. The predicted molar refractivity (Wildman–Crippen MR) is 108 cm³/mol. The second-order valence-corrected chi connectivity index (χ2v) is 7.72. The summed E-state index contributed by atoms with van der Waals surface area (Å²) in [5.41, 5.74) is 2.73. The Labute approximate surface area is 176 Å². The number of hydrogen-bond donors (Lipinski definition) is 0. The van der Waals surface area contributed by atoms with Gasteiger partial charge in [0.25, 0.3) is 0 Å². The van der Waals surface area contributed by atoms with Crippen LogP contribution in [0.3, 0.4) is 0 Å². The smallest absolute Gasteiger partial charge is 0.416 e. The lowest BCUT2D eigenvalue weighted by Crippen LogP contribution is -2.33. The van der Waals surface area contributed by atoms with Crippen molar-refractivity contribution in [2.24, 2.45) is 5.10 Å². The number of rotatable bonds is 2. The van der Waals surface area contributed by atoms with Gasteiger partial charge in [0.15, 0.2) is 0 Å². The summed E-state index contributed by atoms with van der Waals surface area (Å²) < 4.78 is 45.1. The van der Waals surface area contributed by atoms with Crippen molar-refractivity contribution in [2.45, 2.75) is 24.9 Å². The SMILES string of the molecule is FC(F)(F)c1ccc([C@@H]2Oc3ccc(Cl)cc3[C@H]3CC(c4ccccc4)=NN32)cc1. The Balaban J connectivity index is 1.57. The highest BCUT2D eigenvalue weighted by molar-refractivity contribution is 6.30. The Morgan fingerprint density at radius 1 is 0.967 bits per heavy atom. The zero-order valence-electron chi connectivity index (χ0n) is 15.6. The van der Waals surface area contributed by atoms with Gasteiger partial charge in [-0.3, -0.25) is 0 Å². The minimum absolute atomic E-state index is 0.116. The molecule has 152 valence electrons. The van der Waals surface area contributed by atoms with Crippen molar-refractivity contribution >= 4 is 17.3 Å². The van der Waals surface area contributed by atoms with Gasteiger partial charge in [-0.2, -0.15) is 18.3 Å². The van der Waals surface area contributed by atoms with Gasteiger partial charge in [0.1, 0.15) is 5.75 Å². The summed E-state index contributed by atoms with van der Waals surface area (Å²) in [5, 5.41) is 7.22. The average molecular weight is 429 g/mol. The molecule has 2 atom stereocenters. The van der Waals surface area contributed by atoms with E-state index in [1.54, 1.807) is 12.1 Å². The Morgan fingerprint density at radius 3 is 2.40 bits per heavy atom. The monoisotopic (exact) mass is 428 g/mol. The molecule has 0 bridgehead atoms. The lowest BCUT2D eigenvalue weighted by atomic mass is 9.96. The van der Waals surface area contributed by atoms with Crippen LogP contribution in [-0.4, -0.2) is 10.7 Å². The molecule has 0 unspecified atom stereocenters. The summed E-state index contributed by atoms with van der Waals surface area (Å²) in [6.45, 7) is 0. The van der Waals surface area contributed by atoms with Crippen molar-refractivity contribution in [1.29, 1.82) is 0 Å². The van der Waals surface area contributed by atoms with Crippen LogP contribution in [0.25, 0.3) is 0 Å². The van der Waals surface area contributed by atoms with Crippen LogP contribution < -0.4 is 4.74 Å². The van der Waals surface area contributed by atoms with Crippen LogP contribution >= 0.6 is 11.6 Å². The number of ether oxygens (including phenoxy) is 1. The molecule has 3 nitrogen and oxygen atoms in total. The van der Waals surface area contributed by atoms with Crippen molar-refractivity contribution in [1.82, 2.24) is 5.01 Å². The van der Waals surface area contributed by atoms with Gasteiger partial charge in [0.05, 0.1) is 17.3 Å². The van der Waals surface area contributed by atoms with Gasteiger partial charge in [-0.25, -0.2) is 5.01 Å². The largest absolute Gasteiger partial charge is 0.464 e. The summed E-state index contributed by atoms with van der Waals surface area (Å²) in [6, 6.07) is 20.1. The van der Waals surface area contributed by atoms with E-state index in [4.69, 9.17) is 21.4 Å². The van der Waals surface area contributed by atoms with E-state index in [2.05, 4.69) is 0 Å². The first-order valence-corrected chi connectivity index (χ1v) is 9.82. The van der Waals surface area contributed by atoms with E-state index in [0.29, 0.717) is 22.8 Å². The zero-order valence-corrected chi connectivity index (χ0v) is 16.4. The van der Waals surface area contributed by atoms with Crippen molar-refractivity contribution in [3.05, 3.63) is 100 Å². The van der Waals surface area contributed by atoms with E-state index < -0.39 is 18.0 Å². The first-order valence-electron chi connectivity index (χ1n) is 9.44. The lowest BCUT2D eigenvalue weighted by molar-refractivity contribution is -0.137. The summed E-state index contributed by atoms with van der Waals surface area (Å²) in [4.78, 5) is 0. The number of fused-ring (bicyclic) bond motifs is 3. The highest BCUT2D eigenvalue weighted by Crippen LogP contribution is 2.48. The van der Waals surface area contributed by atoms with Crippen LogP contribution in [0.5, 0.6) is 5.75 Å². The van der Waals surface area contributed by atoms with Gasteiger partial charge in [-0.1, -0.05) is 54.1 Å². The molecule has 3 aromatic rings. The number of hydrogen-bond acceptors (Lipinski definition) is 3. The van der Waals surface area contributed by atoms with E-state index in [9.17, 15) is 13.2 Å². The summed E-state index contributed by atoms with van der Waals surface area (Å²) in [6.07, 6.45) is -4.37. The number of benzene rings is 3. The second-order valence-electron chi connectivity index (χ2n) is 7.28. The quantitative estimate of drug-likeness (QED) is 0.459. The molecule has 3 aromatic carbocycles. The predicted octanol–water partition coefficient (Wildman–Crippen LogP) is 6.60. The summed E-state index contributed by atoms with van der Waals surface area (Å²) >= 11 is 6.22. The van der Waals surface area contributed by atoms with Gasteiger partial charge >= 0.3 is 6.18 Å². The Hall–Kier alpha value is -2.99. The van der Waals surface area contributed by atoms with Crippen molar-refractivity contribution in [2.75, 3.05) is 0 Å². The highest BCUT2D eigenvalue weighted by atomic mass is 35.5. The zero-order chi connectivity index (χ0) is 20.9. The molecule has 2 aliphatic rings. The third kappa shape index (κ3) is 3.31. The standard InChI is InChI=1S/C23H16ClF3N2O/c24-17-10-11-21-18(12-17)20-13-19(14-4-2-1-3-5-14)28-29(20)22(30-21)15-6-8-16(9-7-15)23(25,26)27/h1-12,20,22H,13H2/t20-,22+/m1/s1. The summed E-state index contributed by atoms with van der Waals surface area (Å²) in [5.74, 6) is 0.662. The van der Waals surface area contributed by atoms with Gasteiger partial charge in [0.2, 0.25) is 6.23 Å². The molecule has 0 aliphatic carbocycles. The van der Waals surface area contributed by atoms with E-state index in [1.807, 2.05) is 41.4 Å². The third-order valence-electron chi connectivity index (χ3n) is 5.38. The fourth-order valence-electron chi connectivity index (χ4n) is 3.92. The van der Waals surface area contributed by atoms with Gasteiger partial charge in [-0.15, -0.1) is 0 Å². The number of alkyl halides is 3. The first kappa shape index (κ1) is 19.0. The maximum Gasteiger partial charge on any atom is 0.416 e. The highest BCUT2D eigenvalue weighted by Gasteiger charge is 2.41. The Morgan fingerprint density at radius 2 is 1.70 bits per heavy atom. The normalized spacial score (nSPS) is 20.3. The van der Waals surface area contributed by atoms with Crippen LogP contribution in [0.1, 0.15) is 40.9 Å².